The topological polar surface area (TPSA) is 88.3 Å². The van der Waals surface area contributed by atoms with Crippen molar-refractivity contribution in [3.8, 4) is 0 Å². The number of amides is 1. The van der Waals surface area contributed by atoms with E-state index >= 15 is 0 Å². The van der Waals surface area contributed by atoms with Gasteiger partial charge in [-0.3, -0.25) is 4.79 Å². The van der Waals surface area contributed by atoms with Crippen molar-refractivity contribution < 1.29 is 44.3 Å². The maximum absolute atomic E-state index is 12.2. The predicted molar refractivity (Wildman–Crippen MR) is 111 cm³/mol. The molecule has 6 nitrogen and oxygen atoms in total. The summed E-state index contributed by atoms with van der Waals surface area (Å²) in [5.41, 5.74) is 2.12. The SMILES string of the molecule is CN(C)c1ccc(NC(=O)/C=C/c2c(C(=O)[O-])[nH]c3cc(Cl)cc(Cl)c23)cc1.[Na+]. The molecule has 0 aliphatic carbocycles. The molecule has 0 atom stereocenters. The molecule has 2 N–H and O–H groups in total. The standard InChI is InChI=1S/C20H17Cl2N3O3.Na/c1-25(2)13-5-3-12(4-6-13)23-17(26)8-7-14-18-15(22)9-11(21)10-16(18)24-19(14)20(27)28;/h3-10,24H,1-2H3,(H,23,26)(H,27,28);/q;+1/p-1/b8-7+;. The van der Waals surface area contributed by atoms with Gasteiger partial charge in [0.15, 0.2) is 0 Å². The molecular weight excluding hydrogens is 424 g/mol. The van der Waals surface area contributed by atoms with E-state index in [0.717, 1.165) is 5.69 Å². The molecule has 9 heteroatoms. The molecule has 2 aromatic carbocycles. The average Bonchev–Trinajstić information content (AvgIpc) is 2.99. The van der Waals surface area contributed by atoms with Crippen LogP contribution in [0.4, 0.5) is 11.4 Å². The maximum atomic E-state index is 12.2. The van der Waals surface area contributed by atoms with Crippen LogP contribution >= 0.6 is 23.2 Å². The number of rotatable bonds is 5. The Bertz CT molecular complexity index is 1090. The minimum atomic E-state index is -1.41. The van der Waals surface area contributed by atoms with Crippen LogP contribution in [0.25, 0.3) is 17.0 Å². The first-order chi connectivity index (χ1) is 13.3. The number of anilines is 2. The van der Waals surface area contributed by atoms with Crippen molar-refractivity contribution >= 4 is 63.4 Å². The molecule has 0 unspecified atom stereocenters. The maximum Gasteiger partial charge on any atom is 1.00 e. The van der Waals surface area contributed by atoms with Crippen molar-refractivity contribution in [2.24, 2.45) is 0 Å². The minimum Gasteiger partial charge on any atom is -0.543 e. The number of aromatic carboxylic acids is 1. The van der Waals surface area contributed by atoms with Crippen molar-refractivity contribution in [2.45, 2.75) is 0 Å². The molecular formula is C20H16Cl2N3NaO3. The fourth-order valence-electron chi connectivity index (χ4n) is 2.79. The Labute approximate surface area is 199 Å². The molecule has 1 aromatic heterocycles. The van der Waals surface area contributed by atoms with Crippen LogP contribution in [0, 0.1) is 0 Å². The number of nitrogens with one attached hydrogen (secondary N) is 2. The summed E-state index contributed by atoms with van der Waals surface area (Å²) < 4.78 is 0. The van der Waals surface area contributed by atoms with Crippen molar-refractivity contribution in [1.29, 1.82) is 0 Å². The summed E-state index contributed by atoms with van der Waals surface area (Å²) in [6.07, 6.45) is 2.62. The van der Waals surface area contributed by atoms with Crippen LogP contribution in [-0.4, -0.2) is 31.0 Å². The zero-order valence-corrected chi connectivity index (χ0v) is 19.6. The Morgan fingerprint density at radius 1 is 1.14 bits per heavy atom. The van der Waals surface area contributed by atoms with Crippen LogP contribution < -0.4 is 44.9 Å². The Morgan fingerprint density at radius 3 is 2.38 bits per heavy atom. The third-order valence-corrected chi connectivity index (χ3v) is 4.63. The van der Waals surface area contributed by atoms with Crippen LogP contribution in [0.1, 0.15) is 16.1 Å². The number of carbonyl (C=O) groups is 2. The molecule has 0 bridgehead atoms. The van der Waals surface area contributed by atoms with Crippen molar-refractivity contribution in [3.63, 3.8) is 0 Å². The van der Waals surface area contributed by atoms with E-state index in [1.807, 2.05) is 31.1 Å². The third-order valence-electron chi connectivity index (χ3n) is 4.11. The Morgan fingerprint density at radius 2 is 1.79 bits per heavy atom. The van der Waals surface area contributed by atoms with E-state index in [4.69, 9.17) is 23.2 Å². The number of carbonyl (C=O) groups excluding carboxylic acids is 2. The molecule has 0 saturated carbocycles. The molecule has 0 fully saturated rings. The van der Waals surface area contributed by atoms with Crippen LogP contribution in [-0.2, 0) is 4.79 Å². The summed E-state index contributed by atoms with van der Waals surface area (Å²) in [6, 6.07) is 10.4. The van der Waals surface area contributed by atoms with Gasteiger partial charge in [-0.25, -0.2) is 0 Å². The second-order valence-electron chi connectivity index (χ2n) is 6.28. The van der Waals surface area contributed by atoms with Gasteiger partial charge in [0.2, 0.25) is 5.91 Å². The Balaban J connectivity index is 0.00000300. The first kappa shape index (κ1) is 23.3. The number of aromatic nitrogens is 1. The molecule has 0 spiro atoms. The van der Waals surface area contributed by atoms with Gasteiger partial charge in [-0.2, -0.15) is 0 Å². The second kappa shape index (κ2) is 9.69. The smallest absolute Gasteiger partial charge is 0.543 e. The van der Waals surface area contributed by atoms with Crippen molar-refractivity contribution in [3.05, 3.63) is 63.8 Å². The van der Waals surface area contributed by atoms with Crippen molar-refractivity contribution in [2.75, 3.05) is 24.3 Å². The van der Waals surface area contributed by atoms with Gasteiger partial charge in [-0.05, 0) is 42.5 Å². The molecule has 0 aliphatic heterocycles. The second-order valence-corrected chi connectivity index (χ2v) is 7.12. The van der Waals surface area contributed by atoms with Gasteiger partial charge in [-0.15, -0.1) is 0 Å². The summed E-state index contributed by atoms with van der Waals surface area (Å²) in [4.78, 5) is 28.4. The van der Waals surface area contributed by atoms with Gasteiger partial charge in [-0.1, -0.05) is 23.2 Å². The number of fused-ring (bicyclic) bond motifs is 1. The first-order valence-corrected chi connectivity index (χ1v) is 9.00. The van der Waals surface area contributed by atoms with Crippen LogP contribution in [0.3, 0.4) is 0 Å². The summed E-state index contributed by atoms with van der Waals surface area (Å²) in [6.45, 7) is 0. The molecule has 3 aromatic rings. The number of hydrogen-bond acceptors (Lipinski definition) is 4. The summed E-state index contributed by atoms with van der Waals surface area (Å²) in [5, 5.41) is 15.2. The van der Waals surface area contributed by atoms with Gasteiger partial charge in [0.1, 0.15) is 0 Å². The number of carboxylic acids is 1. The number of H-pyrrole nitrogens is 1. The number of aromatic amines is 1. The zero-order chi connectivity index (χ0) is 20.4. The number of benzene rings is 2. The quantitative estimate of drug-likeness (QED) is 0.449. The third kappa shape index (κ3) is 5.35. The van der Waals surface area contributed by atoms with Gasteiger partial charge < -0.3 is 25.1 Å². The van der Waals surface area contributed by atoms with E-state index in [1.165, 1.54) is 18.2 Å². The zero-order valence-electron chi connectivity index (χ0n) is 16.0. The minimum absolute atomic E-state index is 0. The van der Waals surface area contributed by atoms with E-state index in [-0.39, 0.29) is 45.8 Å². The number of nitrogens with zero attached hydrogens (tertiary/aromatic N) is 1. The average molecular weight is 440 g/mol. The molecule has 1 amide bonds. The monoisotopic (exact) mass is 439 g/mol. The first-order valence-electron chi connectivity index (χ1n) is 8.25. The molecule has 3 rings (SSSR count). The van der Waals surface area contributed by atoms with Crippen LogP contribution in [0.2, 0.25) is 10.0 Å². The largest absolute Gasteiger partial charge is 1.00 e. The van der Waals surface area contributed by atoms with Gasteiger partial charge in [0.25, 0.3) is 0 Å². The fourth-order valence-corrected chi connectivity index (χ4v) is 3.38. The Hall–Kier alpha value is -1.96. The summed E-state index contributed by atoms with van der Waals surface area (Å²) >= 11 is 12.2. The fraction of sp³-hybridized carbons (Fsp3) is 0.100. The van der Waals surface area contributed by atoms with Crippen LogP contribution in [0.5, 0.6) is 0 Å². The number of halogens is 2. The molecule has 29 heavy (non-hydrogen) atoms. The van der Waals surface area contributed by atoms with E-state index < -0.39 is 11.9 Å². The van der Waals surface area contributed by atoms with Gasteiger partial charge in [0, 0.05) is 53.0 Å². The molecule has 0 aliphatic rings. The number of hydrogen-bond donors (Lipinski definition) is 2. The van der Waals surface area contributed by atoms with Crippen LogP contribution in [0.15, 0.2) is 42.5 Å². The molecule has 144 valence electrons. The predicted octanol–water partition coefficient (Wildman–Crippen LogP) is 0.560. The number of carboxylic acid groups (broad SMARTS) is 1. The van der Waals surface area contributed by atoms with E-state index in [0.29, 0.717) is 21.6 Å². The van der Waals surface area contributed by atoms with Gasteiger partial charge in [0.05, 0.1) is 16.7 Å². The molecule has 0 radical (unpaired) electrons. The van der Waals surface area contributed by atoms with Gasteiger partial charge >= 0.3 is 29.6 Å². The van der Waals surface area contributed by atoms with E-state index in [1.54, 1.807) is 18.2 Å². The molecule has 1 heterocycles. The Kier molecular flexibility index (Phi) is 7.80. The van der Waals surface area contributed by atoms with E-state index in [9.17, 15) is 14.7 Å². The molecule has 0 saturated heterocycles. The van der Waals surface area contributed by atoms with E-state index in [2.05, 4.69) is 10.3 Å². The summed E-state index contributed by atoms with van der Waals surface area (Å²) in [5.74, 6) is -1.83. The van der Waals surface area contributed by atoms with Crippen molar-refractivity contribution in [1.82, 2.24) is 4.98 Å². The normalized spacial score (nSPS) is 10.8. The summed E-state index contributed by atoms with van der Waals surface area (Å²) in [7, 11) is 3.84.